The van der Waals surface area contributed by atoms with Gasteiger partial charge in [-0.1, -0.05) is 23.2 Å². The van der Waals surface area contributed by atoms with Crippen LogP contribution in [0.25, 0.3) is 16.8 Å². The largest absolute Gasteiger partial charge is 0.435 e. The number of hydrogen-bond acceptors (Lipinski definition) is 5. The first kappa shape index (κ1) is 30.3. The molecule has 7 nitrogen and oxygen atoms in total. The van der Waals surface area contributed by atoms with Gasteiger partial charge in [0.1, 0.15) is 16.4 Å². The third kappa shape index (κ3) is 5.60. The average molecular weight is 632 g/mol. The first-order valence-corrected chi connectivity index (χ1v) is 11.7. The predicted molar refractivity (Wildman–Crippen MR) is 123 cm³/mol. The fourth-order valence-electron chi connectivity index (χ4n) is 3.70. The Kier molecular flexibility index (Phi) is 7.59. The summed E-state index contributed by atoms with van der Waals surface area (Å²) in [6.45, 7) is -3.77. The van der Waals surface area contributed by atoms with E-state index < -0.39 is 58.1 Å². The Morgan fingerprint density at radius 2 is 1.68 bits per heavy atom. The van der Waals surface area contributed by atoms with Crippen LogP contribution in [0.15, 0.2) is 36.8 Å². The molecule has 0 saturated heterocycles. The zero-order valence-corrected chi connectivity index (χ0v) is 21.2. The van der Waals surface area contributed by atoms with E-state index in [4.69, 9.17) is 23.2 Å². The first-order chi connectivity index (χ1) is 18.9. The Bertz CT molecular complexity index is 1530. The number of hydrogen-bond donors (Lipinski definition) is 1. The van der Waals surface area contributed by atoms with Crippen molar-refractivity contribution < 1.29 is 49.0 Å². The Hall–Kier alpha value is -3.71. The summed E-state index contributed by atoms with van der Waals surface area (Å²) in [5.74, 6) is -2.08. The lowest BCUT2D eigenvalue weighted by molar-refractivity contribution is -0.348. The highest BCUT2D eigenvalue weighted by atomic mass is 35.5. The number of carbonyl (C=O) groups excluding carboxylic acids is 1. The van der Waals surface area contributed by atoms with Crippen molar-refractivity contribution in [1.82, 2.24) is 20.1 Å². The van der Waals surface area contributed by atoms with Crippen LogP contribution in [0.4, 0.5) is 39.5 Å². The van der Waals surface area contributed by atoms with Gasteiger partial charge in [0.25, 0.3) is 5.91 Å². The van der Waals surface area contributed by atoms with Gasteiger partial charge in [0.05, 0.1) is 22.9 Å². The third-order valence-electron chi connectivity index (χ3n) is 5.97. The Morgan fingerprint density at radius 3 is 2.22 bits per heavy atom. The number of nitriles is 1. The molecule has 0 unspecified atom stereocenters. The maximum atomic E-state index is 14.6. The smallest absolute Gasteiger partial charge is 0.432 e. The van der Waals surface area contributed by atoms with Crippen molar-refractivity contribution >= 4 is 29.1 Å². The number of rotatable bonds is 7. The van der Waals surface area contributed by atoms with Crippen LogP contribution in [0, 0.1) is 11.3 Å². The number of halogens is 11. The maximum absolute atomic E-state index is 14.6. The quantitative estimate of drug-likeness (QED) is 0.226. The van der Waals surface area contributed by atoms with Crippen molar-refractivity contribution in [3.05, 3.63) is 58.1 Å². The highest BCUT2D eigenvalue weighted by molar-refractivity contribution is 6.33. The van der Waals surface area contributed by atoms with E-state index in [2.05, 4.69) is 20.1 Å². The second kappa shape index (κ2) is 10.3. The molecule has 4 rings (SSSR count). The van der Waals surface area contributed by atoms with Crippen LogP contribution in [0.5, 0.6) is 5.75 Å². The zero-order chi connectivity index (χ0) is 30.5. The predicted octanol–water partition coefficient (Wildman–Crippen LogP) is 6.92. The van der Waals surface area contributed by atoms with E-state index in [0.29, 0.717) is 17.5 Å². The minimum atomic E-state index is -6.55. The van der Waals surface area contributed by atoms with Gasteiger partial charge in [-0.2, -0.15) is 45.5 Å². The molecular formula is C23H12Cl2F9N5O2. The number of ether oxygens (including phenoxy) is 1. The van der Waals surface area contributed by atoms with Crippen molar-refractivity contribution in [2.45, 2.75) is 43.0 Å². The lowest BCUT2D eigenvalue weighted by Gasteiger charge is -2.31. The minimum absolute atomic E-state index is 0.0350. The second-order valence-electron chi connectivity index (χ2n) is 8.72. The SMILES string of the molecule is N#CC1(NC(=O)c2cc(-c3cnn(-c4c(Cl)cc(C(F)(C(F)(F)F)C(F)(F)F)cc4OC(F)F)c3)cnc2Cl)CC1. The molecule has 0 aliphatic heterocycles. The van der Waals surface area contributed by atoms with Crippen LogP contribution < -0.4 is 10.1 Å². The fourth-order valence-corrected chi connectivity index (χ4v) is 4.19. The number of pyridine rings is 1. The Labute approximate surface area is 233 Å². The van der Waals surface area contributed by atoms with E-state index in [-0.39, 0.29) is 34.0 Å². The van der Waals surface area contributed by atoms with E-state index >= 15 is 0 Å². The number of nitrogens with zero attached hydrogens (tertiary/aromatic N) is 4. The molecule has 18 heteroatoms. The molecular weight excluding hydrogens is 620 g/mol. The molecule has 0 bridgehead atoms. The number of nitrogens with one attached hydrogen (secondary N) is 1. The third-order valence-corrected chi connectivity index (χ3v) is 6.56. The lowest BCUT2D eigenvalue weighted by Crippen LogP contribution is -2.50. The van der Waals surface area contributed by atoms with Crippen LogP contribution in [0.2, 0.25) is 10.2 Å². The summed E-state index contributed by atoms with van der Waals surface area (Å²) in [6.07, 6.45) is -8.98. The summed E-state index contributed by atoms with van der Waals surface area (Å²) in [6, 6.07) is 2.96. The molecule has 0 atom stereocenters. The molecule has 1 aliphatic carbocycles. The minimum Gasteiger partial charge on any atom is -0.432 e. The monoisotopic (exact) mass is 631 g/mol. The molecule has 1 aromatic carbocycles. The van der Waals surface area contributed by atoms with Gasteiger partial charge in [-0.05, 0) is 31.0 Å². The maximum Gasteiger partial charge on any atom is 0.435 e. The van der Waals surface area contributed by atoms with Gasteiger partial charge in [-0.3, -0.25) is 4.79 Å². The molecule has 1 N–H and O–H groups in total. The van der Waals surface area contributed by atoms with Gasteiger partial charge in [-0.15, -0.1) is 0 Å². The van der Waals surface area contributed by atoms with E-state index in [9.17, 15) is 49.6 Å². The number of carbonyl (C=O) groups is 1. The van der Waals surface area contributed by atoms with Gasteiger partial charge < -0.3 is 10.1 Å². The molecule has 2 heterocycles. The van der Waals surface area contributed by atoms with Crippen molar-refractivity contribution in [3.8, 4) is 28.6 Å². The van der Waals surface area contributed by atoms with Crippen LogP contribution in [-0.2, 0) is 5.67 Å². The van der Waals surface area contributed by atoms with Crippen LogP contribution in [0.1, 0.15) is 28.8 Å². The van der Waals surface area contributed by atoms with Gasteiger partial charge in [-0.25, -0.2) is 14.1 Å². The van der Waals surface area contributed by atoms with Crippen molar-refractivity contribution in [2.24, 2.45) is 0 Å². The van der Waals surface area contributed by atoms with E-state index in [1.54, 1.807) is 0 Å². The van der Waals surface area contributed by atoms with E-state index in [0.717, 1.165) is 12.4 Å². The molecule has 3 aromatic rings. The molecule has 0 radical (unpaired) electrons. The van der Waals surface area contributed by atoms with Gasteiger partial charge in [0.15, 0.2) is 5.75 Å². The average Bonchev–Trinajstić information content (AvgIpc) is 3.46. The van der Waals surface area contributed by atoms with Gasteiger partial charge in [0, 0.05) is 29.1 Å². The Morgan fingerprint density at radius 1 is 1.05 bits per heavy atom. The highest BCUT2D eigenvalue weighted by Gasteiger charge is 2.73. The van der Waals surface area contributed by atoms with Gasteiger partial charge in [0.2, 0.25) is 0 Å². The van der Waals surface area contributed by atoms with Crippen molar-refractivity contribution in [3.63, 3.8) is 0 Å². The van der Waals surface area contributed by atoms with Crippen LogP contribution in [0.3, 0.4) is 0 Å². The molecule has 0 spiro atoms. The van der Waals surface area contributed by atoms with E-state index in [1.165, 1.54) is 12.3 Å². The zero-order valence-electron chi connectivity index (χ0n) is 19.7. The topological polar surface area (TPSA) is 92.8 Å². The van der Waals surface area contributed by atoms with E-state index in [1.807, 2.05) is 6.07 Å². The molecule has 1 saturated carbocycles. The Balaban J connectivity index is 1.78. The van der Waals surface area contributed by atoms with Crippen LogP contribution in [-0.4, -0.2) is 45.2 Å². The second-order valence-corrected chi connectivity index (χ2v) is 9.49. The summed E-state index contributed by atoms with van der Waals surface area (Å²) in [7, 11) is 0. The molecule has 41 heavy (non-hydrogen) atoms. The number of aromatic nitrogens is 3. The molecule has 1 aliphatic rings. The summed E-state index contributed by atoms with van der Waals surface area (Å²) in [4.78, 5) is 16.5. The molecule has 1 fully saturated rings. The number of alkyl halides is 9. The number of amides is 1. The number of benzene rings is 1. The molecule has 1 amide bonds. The van der Waals surface area contributed by atoms with Crippen molar-refractivity contribution in [1.29, 1.82) is 5.26 Å². The normalized spacial score (nSPS) is 15.0. The summed E-state index contributed by atoms with van der Waals surface area (Å²) in [5, 5.41) is 14.2. The molecule has 218 valence electrons. The van der Waals surface area contributed by atoms with Crippen LogP contribution >= 0.6 is 23.2 Å². The molecule has 2 aromatic heterocycles. The fraction of sp³-hybridized carbons (Fsp3) is 0.304. The summed E-state index contributed by atoms with van der Waals surface area (Å²) in [5.41, 5.74) is -9.83. The summed E-state index contributed by atoms with van der Waals surface area (Å²) < 4.78 is 125. The first-order valence-electron chi connectivity index (χ1n) is 11.0. The highest BCUT2D eigenvalue weighted by Crippen LogP contribution is 2.54. The lowest BCUT2D eigenvalue weighted by atomic mass is 9.93. The standard InChI is InChI=1S/C23H12Cl2F9N5O2/c24-14-4-12(21(28,22(29,30)31)23(32,33)34)5-15(41-19(26)27)16(14)39-8-11(7-37-39)10-3-13(17(25)36-6-10)18(40)38-20(9-35)1-2-20/h3-8,19H,1-2H2,(H,38,40). The van der Waals surface area contributed by atoms with Crippen molar-refractivity contribution in [2.75, 3.05) is 0 Å². The van der Waals surface area contributed by atoms with Gasteiger partial charge >= 0.3 is 24.6 Å². The summed E-state index contributed by atoms with van der Waals surface area (Å²) >= 11 is 11.9.